The SMILES string of the molecule is Cc1cccc2cc(/C=C(\C#N)C(=O)NC3CCCC3)c(Cl)nc12. The maximum Gasteiger partial charge on any atom is 0.262 e. The number of amides is 1. The molecule has 24 heavy (non-hydrogen) atoms. The van der Waals surface area contributed by atoms with Crippen molar-refractivity contribution in [1.82, 2.24) is 10.3 Å². The fourth-order valence-corrected chi connectivity index (χ4v) is 3.27. The van der Waals surface area contributed by atoms with Crippen LogP contribution in [-0.2, 0) is 4.79 Å². The van der Waals surface area contributed by atoms with Crippen molar-refractivity contribution in [1.29, 1.82) is 5.26 Å². The molecule has 0 spiro atoms. The topological polar surface area (TPSA) is 65.8 Å². The highest BCUT2D eigenvalue weighted by Gasteiger charge is 2.19. The van der Waals surface area contributed by atoms with Gasteiger partial charge in [-0.2, -0.15) is 5.26 Å². The highest BCUT2D eigenvalue weighted by molar-refractivity contribution is 6.31. The van der Waals surface area contributed by atoms with Gasteiger partial charge in [-0.1, -0.05) is 42.6 Å². The van der Waals surface area contributed by atoms with Gasteiger partial charge in [0.05, 0.1) is 5.52 Å². The molecule has 0 radical (unpaired) electrons. The highest BCUT2D eigenvalue weighted by atomic mass is 35.5. The molecule has 122 valence electrons. The lowest BCUT2D eigenvalue weighted by atomic mass is 10.1. The second kappa shape index (κ2) is 7.02. The van der Waals surface area contributed by atoms with Crippen LogP contribution in [0.3, 0.4) is 0 Å². The summed E-state index contributed by atoms with van der Waals surface area (Å²) < 4.78 is 0. The number of carbonyl (C=O) groups is 1. The molecule has 1 aromatic carbocycles. The Kier molecular flexibility index (Phi) is 4.82. The number of benzene rings is 1. The minimum absolute atomic E-state index is 0.0533. The minimum Gasteiger partial charge on any atom is -0.349 e. The lowest BCUT2D eigenvalue weighted by Gasteiger charge is -2.11. The molecule has 0 saturated heterocycles. The Labute approximate surface area is 146 Å². The van der Waals surface area contributed by atoms with Gasteiger partial charge in [0.1, 0.15) is 16.8 Å². The zero-order chi connectivity index (χ0) is 17.1. The van der Waals surface area contributed by atoms with E-state index in [9.17, 15) is 10.1 Å². The Bertz CT molecular complexity index is 861. The molecule has 1 N–H and O–H groups in total. The van der Waals surface area contributed by atoms with Gasteiger partial charge in [0, 0.05) is 17.0 Å². The predicted molar refractivity (Wildman–Crippen MR) is 95.5 cm³/mol. The van der Waals surface area contributed by atoms with E-state index in [1.54, 1.807) is 0 Å². The first-order valence-electron chi connectivity index (χ1n) is 8.07. The van der Waals surface area contributed by atoms with E-state index in [2.05, 4.69) is 10.3 Å². The van der Waals surface area contributed by atoms with Crippen LogP contribution in [0.15, 0.2) is 29.8 Å². The molecule has 3 rings (SSSR count). The molecular formula is C19H18ClN3O. The first kappa shape index (κ1) is 16.5. The number of nitrogens with one attached hydrogen (secondary N) is 1. The van der Waals surface area contributed by atoms with E-state index < -0.39 is 0 Å². The first-order chi connectivity index (χ1) is 11.6. The van der Waals surface area contributed by atoms with Crippen molar-refractivity contribution >= 4 is 34.5 Å². The van der Waals surface area contributed by atoms with Crippen LogP contribution in [0, 0.1) is 18.3 Å². The first-order valence-corrected chi connectivity index (χ1v) is 8.45. The summed E-state index contributed by atoms with van der Waals surface area (Å²) in [6.45, 7) is 1.97. The molecule has 0 unspecified atom stereocenters. The van der Waals surface area contributed by atoms with Gasteiger partial charge in [-0.25, -0.2) is 4.98 Å². The average molecular weight is 340 g/mol. The lowest BCUT2D eigenvalue weighted by molar-refractivity contribution is -0.117. The van der Waals surface area contributed by atoms with Crippen LogP contribution in [0.1, 0.15) is 36.8 Å². The Hall–Kier alpha value is -2.38. The number of rotatable bonds is 3. The smallest absolute Gasteiger partial charge is 0.262 e. The van der Waals surface area contributed by atoms with Crippen LogP contribution in [0.4, 0.5) is 0 Å². The molecule has 1 heterocycles. The molecule has 1 aliphatic rings. The number of pyridine rings is 1. The highest BCUT2D eigenvalue weighted by Crippen LogP contribution is 2.25. The third kappa shape index (κ3) is 3.42. The molecule has 2 aromatic rings. The zero-order valence-electron chi connectivity index (χ0n) is 13.5. The van der Waals surface area contributed by atoms with Gasteiger partial charge in [-0.15, -0.1) is 0 Å². The monoisotopic (exact) mass is 339 g/mol. The Morgan fingerprint density at radius 3 is 2.88 bits per heavy atom. The van der Waals surface area contributed by atoms with Crippen LogP contribution in [-0.4, -0.2) is 16.9 Å². The van der Waals surface area contributed by atoms with E-state index in [0.717, 1.165) is 42.1 Å². The normalized spacial score (nSPS) is 15.5. The number of aromatic nitrogens is 1. The molecule has 0 bridgehead atoms. The molecule has 1 amide bonds. The summed E-state index contributed by atoms with van der Waals surface area (Å²) in [7, 11) is 0. The second-order valence-corrected chi connectivity index (χ2v) is 6.50. The summed E-state index contributed by atoms with van der Waals surface area (Å²) in [6.07, 6.45) is 5.71. The summed E-state index contributed by atoms with van der Waals surface area (Å²) in [5.41, 5.74) is 2.49. The molecular weight excluding hydrogens is 322 g/mol. The van der Waals surface area contributed by atoms with E-state index in [1.807, 2.05) is 37.3 Å². The van der Waals surface area contributed by atoms with E-state index in [4.69, 9.17) is 11.6 Å². The number of hydrogen-bond donors (Lipinski definition) is 1. The number of hydrogen-bond acceptors (Lipinski definition) is 3. The fourth-order valence-electron chi connectivity index (χ4n) is 3.08. The Balaban J connectivity index is 1.93. The summed E-state index contributed by atoms with van der Waals surface area (Å²) >= 11 is 6.25. The number of para-hydroxylation sites is 1. The third-order valence-corrected chi connectivity index (χ3v) is 4.69. The minimum atomic E-state index is -0.343. The lowest BCUT2D eigenvalue weighted by Crippen LogP contribution is -2.33. The Morgan fingerprint density at radius 1 is 1.42 bits per heavy atom. The molecule has 0 aliphatic heterocycles. The van der Waals surface area contributed by atoms with Crippen LogP contribution < -0.4 is 5.32 Å². The maximum absolute atomic E-state index is 12.3. The van der Waals surface area contributed by atoms with E-state index in [1.165, 1.54) is 6.08 Å². The number of nitriles is 1. The van der Waals surface area contributed by atoms with Crippen molar-refractivity contribution in [3.63, 3.8) is 0 Å². The van der Waals surface area contributed by atoms with Gasteiger partial charge in [-0.05, 0) is 37.5 Å². The summed E-state index contributed by atoms with van der Waals surface area (Å²) in [4.78, 5) is 16.7. The number of fused-ring (bicyclic) bond motifs is 1. The van der Waals surface area contributed by atoms with Crippen molar-refractivity contribution in [3.8, 4) is 6.07 Å². The van der Waals surface area contributed by atoms with Crippen LogP contribution in [0.5, 0.6) is 0 Å². The van der Waals surface area contributed by atoms with Crippen molar-refractivity contribution in [2.45, 2.75) is 38.6 Å². The molecule has 0 atom stereocenters. The zero-order valence-corrected chi connectivity index (χ0v) is 14.2. The van der Waals surface area contributed by atoms with Crippen molar-refractivity contribution in [3.05, 3.63) is 46.1 Å². The van der Waals surface area contributed by atoms with Gasteiger partial charge in [0.15, 0.2) is 0 Å². The van der Waals surface area contributed by atoms with Gasteiger partial charge < -0.3 is 5.32 Å². The van der Waals surface area contributed by atoms with Gasteiger partial charge >= 0.3 is 0 Å². The molecule has 1 aliphatic carbocycles. The summed E-state index contributed by atoms with van der Waals surface area (Å²) in [6, 6.07) is 9.85. The average Bonchev–Trinajstić information content (AvgIpc) is 3.06. The fraction of sp³-hybridized carbons (Fsp3) is 0.316. The molecule has 1 aromatic heterocycles. The van der Waals surface area contributed by atoms with Crippen molar-refractivity contribution < 1.29 is 4.79 Å². The van der Waals surface area contributed by atoms with E-state index >= 15 is 0 Å². The van der Waals surface area contributed by atoms with E-state index in [0.29, 0.717) is 10.7 Å². The third-order valence-electron chi connectivity index (χ3n) is 4.38. The van der Waals surface area contributed by atoms with E-state index in [-0.39, 0.29) is 17.5 Å². The van der Waals surface area contributed by atoms with Crippen LogP contribution in [0.2, 0.25) is 5.15 Å². The molecule has 5 heteroatoms. The molecule has 1 fully saturated rings. The standard InChI is InChI=1S/C19H18ClN3O/c1-12-5-4-6-13-9-14(18(20)23-17(12)13)10-15(11-21)19(24)22-16-7-2-3-8-16/h4-6,9-10,16H,2-3,7-8H2,1H3,(H,22,24)/b15-10+. The van der Waals surface area contributed by atoms with Gasteiger partial charge in [-0.3, -0.25) is 4.79 Å². The van der Waals surface area contributed by atoms with Gasteiger partial charge in [0.2, 0.25) is 0 Å². The second-order valence-electron chi connectivity index (χ2n) is 6.14. The van der Waals surface area contributed by atoms with Crippen LogP contribution >= 0.6 is 11.6 Å². The number of halogens is 1. The van der Waals surface area contributed by atoms with Crippen molar-refractivity contribution in [2.75, 3.05) is 0 Å². The Morgan fingerprint density at radius 2 is 2.17 bits per heavy atom. The number of aryl methyl sites for hydroxylation is 1. The van der Waals surface area contributed by atoms with Crippen molar-refractivity contribution in [2.24, 2.45) is 0 Å². The quantitative estimate of drug-likeness (QED) is 0.518. The maximum atomic E-state index is 12.3. The number of carbonyl (C=O) groups excluding carboxylic acids is 1. The summed E-state index contributed by atoms with van der Waals surface area (Å²) in [5.74, 6) is -0.343. The summed E-state index contributed by atoms with van der Waals surface area (Å²) in [5, 5.41) is 13.5. The molecule has 1 saturated carbocycles. The number of nitrogens with zero attached hydrogens (tertiary/aromatic N) is 2. The largest absolute Gasteiger partial charge is 0.349 e. The molecule has 4 nitrogen and oxygen atoms in total. The predicted octanol–water partition coefficient (Wildman–Crippen LogP) is 4.16. The van der Waals surface area contributed by atoms with Gasteiger partial charge in [0.25, 0.3) is 5.91 Å². The van der Waals surface area contributed by atoms with Crippen LogP contribution in [0.25, 0.3) is 17.0 Å².